The second kappa shape index (κ2) is 8.27. The summed E-state index contributed by atoms with van der Waals surface area (Å²) in [6, 6.07) is 1.83. The third kappa shape index (κ3) is 4.66. The SMILES string of the molecule is O=C(CCCC1CCCCC1)N1CCN(c2ncccn2)CC1. The fourth-order valence-corrected chi connectivity index (χ4v) is 3.79. The summed E-state index contributed by atoms with van der Waals surface area (Å²) >= 11 is 0. The minimum Gasteiger partial charge on any atom is -0.339 e. The van der Waals surface area contributed by atoms with Gasteiger partial charge in [0.25, 0.3) is 0 Å². The Morgan fingerprint density at radius 2 is 1.74 bits per heavy atom. The van der Waals surface area contributed by atoms with E-state index in [0.717, 1.165) is 50.9 Å². The van der Waals surface area contributed by atoms with E-state index in [4.69, 9.17) is 0 Å². The van der Waals surface area contributed by atoms with E-state index in [9.17, 15) is 4.79 Å². The van der Waals surface area contributed by atoms with Crippen LogP contribution in [0, 0.1) is 5.92 Å². The first-order valence-electron chi connectivity index (χ1n) is 9.12. The summed E-state index contributed by atoms with van der Waals surface area (Å²) in [5.41, 5.74) is 0. The lowest BCUT2D eigenvalue weighted by Crippen LogP contribution is -2.49. The van der Waals surface area contributed by atoms with Gasteiger partial charge in [0.2, 0.25) is 11.9 Å². The number of anilines is 1. The van der Waals surface area contributed by atoms with Gasteiger partial charge in [0.05, 0.1) is 0 Å². The van der Waals surface area contributed by atoms with Gasteiger partial charge in [-0.15, -0.1) is 0 Å². The highest BCUT2D eigenvalue weighted by Gasteiger charge is 2.22. The van der Waals surface area contributed by atoms with E-state index in [0.29, 0.717) is 5.91 Å². The standard InChI is InChI=1S/C18H28N4O/c23-17(9-4-8-16-6-2-1-3-7-16)21-12-14-22(15-13-21)18-19-10-5-11-20-18/h5,10-11,16H,1-4,6-9,12-15H2. The molecule has 0 unspecified atom stereocenters. The van der Waals surface area contributed by atoms with Gasteiger partial charge in [0.1, 0.15) is 0 Å². The molecule has 3 rings (SSSR count). The van der Waals surface area contributed by atoms with Crippen LogP contribution in [-0.4, -0.2) is 47.0 Å². The van der Waals surface area contributed by atoms with Crippen LogP contribution in [0.4, 0.5) is 5.95 Å². The number of hydrogen-bond donors (Lipinski definition) is 0. The molecule has 1 saturated heterocycles. The summed E-state index contributed by atoms with van der Waals surface area (Å²) in [5, 5.41) is 0. The van der Waals surface area contributed by atoms with E-state index in [1.807, 2.05) is 11.0 Å². The second-order valence-electron chi connectivity index (χ2n) is 6.81. The molecule has 5 nitrogen and oxygen atoms in total. The molecule has 126 valence electrons. The Morgan fingerprint density at radius 3 is 2.43 bits per heavy atom. The smallest absolute Gasteiger partial charge is 0.225 e. The van der Waals surface area contributed by atoms with Crippen LogP contribution in [0.1, 0.15) is 51.4 Å². The van der Waals surface area contributed by atoms with Gasteiger partial charge in [-0.05, 0) is 24.8 Å². The highest BCUT2D eigenvalue weighted by Crippen LogP contribution is 2.27. The molecule has 0 bridgehead atoms. The van der Waals surface area contributed by atoms with Gasteiger partial charge in [-0.2, -0.15) is 0 Å². The molecule has 1 aromatic heterocycles. The summed E-state index contributed by atoms with van der Waals surface area (Å²) in [6.45, 7) is 3.25. The molecule has 1 saturated carbocycles. The zero-order valence-electron chi connectivity index (χ0n) is 14.0. The summed E-state index contributed by atoms with van der Waals surface area (Å²) in [5.74, 6) is 1.98. The van der Waals surface area contributed by atoms with Crippen molar-refractivity contribution in [2.75, 3.05) is 31.1 Å². The predicted octanol–water partition coefficient (Wildman–Crippen LogP) is 2.88. The molecule has 1 amide bonds. The molecule has 0 spiro atoms. The van der Waals surface area contributed by atoms with E-state index in [1.54, 1.807) is 12.4 Å². The maximum absolute atomic E-state index is 12.4. The molecule has 0 aromatic carbocycles. The lowest BCUT2D eigenvalue weighted by Gasteiger charge is -2.34. The van der Waals surface area contributed by atoms with Crippen molar-refractivity contribution in [1.82, 2.24) is 14.9 Å². The molecule has 5 heteroatoms. The molecular formula is C18H28N4O. The Morgan fingerprint density at radius 1 is 1.04 bits per heavy atom. The van der Waals surface area contributed by atoms with Crippen LogP contribution in [0.5, 0.6) is 0 Å². The molecule has 1 aromatic rings. The number of hydrogen-bond acceptors (Lipinski definition) is 4. The van der Waals surface area contributed by atoms with Crippen molar-refractivity contribution < 1.29 is 4.79 Å². The summed E-state index contributed by atoms with van der Waals surface area (Å²) in [7, 11) is 0. The van der Waals surface area contributed by atoms with Crippen molar-refractivity contribution in [2.24, 2.45) is 5.92 Å². The van der Waals surface area contributed by atoms with Gasteiger partial charge in [-0.25, -0.2) is 9.97 Å². The van der Waals surface area contributed by atoms with Crippen molar-refractivity contribution in [2.45, 2.75) is 51.4 Å². The monoisotopic (exact) mass is 316 g/mol. The summed E-state index contributed by atoms with van der Waals surface area (Å²) in [4.78, 5) is 25.1. The number of piperazine rings is 1. The Labute approximate surface area is 139 Å². The fraction of sp³-hybridized carbons (Fsp3) is 0.722. The normalized spacial score (nSPS) is 19.8. The molecule has 0 radical (unpaired) electrons. The van der Waals surface area contributed by atoms with E-state index >= 15 is 0 Å². The van der Waals surface area contributed by atoms with E-state index in [2.05, 4.69) is 14.9 Å². The lowest BCUT2D eigenvalue weighted by atomic mass is 9.86. The van der Waals surface area contributed by atoms with Crippen molar-refractivity contribution in [3.63, 3.8) is 0 Å². The molecule has 2 heterocycles. The van der Waals surface area contributed by atoms with Gasteiger partial charge in [0, 0.05) is 45.0 Å². The summed E-state index contributed by atoms with van der Waals surface area (Å²) in [6.07, 6.45) is 13.5. The molecule has 1 aliphatic heterocycles. The highest BCUT2D eigenvalue weighted by molar-refractivity contribution is 5.76. The van der Waals surface area contributed by atoms with Crippen LogP contribution in [0.15, 0.2) is 18.5 Å². The Kier molecular flexibility index (Phi) is 5.83. The van der Waals surface area contributed by atoms with Crippen LogP contribution in [0.2, 0.25) is 0 Å². The first kappa shape index (κ1) is 16.2. The van der Waals surface area contributed by atoms with Crippen LogP contribution in [0.25, 0.3) is 0 Å². The number of rotatable bonds is 5. The highest BCUT2D eigenvalue weighted by atomic mass is 16.2. The van der Waals surface area contributed by atoms with Crippen LogP contribution in [-0.2, 0) is 4.79 Å². The van der Waals surface area contributed by atoms with Crippen molar-refractivity contribution >= 4 is 11.9 Å². The van der Waals surface area contributed by atoms with Crippen LogP contribution in [0.3, 0.4) is 0 Å². The topological polar surface area (TPSA) is 49.3 Å². The van der Waals surface area contributed by atoms with Crippen molar-refractivity contribution in [3.05, 3.63) is 18.5 Å². The second-order valence-corrected chi connectivity index (χ2v) is 6.81. The molecule has 0 N–H and O–H groups in total. The van der Waals surface area contributed by atoms with E-state index in [1.165, 1.54) is 38.5 Å². The molecule has 2 aliphatic rings. The zero-order chi connectivity index (χ0) is 15.9. The van der Waals surface area contributed by atoms with Crippen LogP contribution >= 0.6 is 0 Å². The predicted molar refractivity (Wildman–Crippen MR) is 91.3 cm³/mol. The minimum atomic E-state index is 0.328. The first-order chi connectivity index (χ1) is 11.3. The average molecular weight is 316 g/mol. The third-order valence-electron chi connectivity index (χ3n) is 5.20. The number of carbonyl (C=O) groups excluding carboxylic acids is 1. The Hall–Kier alpha value is -1.65. The van der Waals surface area contributed by atoms with Gasteiger partial charge in [-0.3, -0.25) is 4.79 Å². The Bertz CT molecular complexity index is 479. The Balaban J connectivity index is 1.36. The summed E-state index contributed by atoms with van der Waals surface area (Å²) < 4.78 is 0. The largest absolute Gasteiger partial charge is 0.339 e. The van der Waals surface area contributed by atoms with Gasteiger partial charge in [-0.1, -0.05) is 32.1 Å². The number of amides is 1. The van der Waals surface area contributed by atoms with Gasteiger partial charge in [0.15, 0.2) is 0 Å². The maximum atomic E-state index is 12.4. The van der Waals surface area contributed by atoms with Crippen molar-refractivity contribution in [3.8, 4) is 0 Å². The molecule has 2 fully saturated rings. The molecule has 0 atom stereocenters. The number of nitrogens with zero attached hydrogens (tertiary/aromatic N) is 4. The molecule has 23 heavy (non-hydrogen) atoms. The fourth-order valence-electron chi connectivity index (χ4n) is 3.79. The van der Waals surface area contributed by atoms with Crippen LogP contribution < -0.4 is 4.90 Å². The average Bonchev–Trinajstić information content (AvgIpc) is 2.63. The van der Waals surface area contributed by atoms with Gasteiger partial charge >= 0.3 is 0 Å². The lowest BCUT2D eigenvalue weighted by molar-refractivity contribution is -0.131. The zero-order valence-corrected chi connectivity index (χ0v) is 14.0. The van der Waals surface area contributed by atoms with Gasteiger partial charge < -0.3 is 9.80 Å². The quantitative estimate of drug-likeness (QED) is 0.838. The molecule has 1 aliphatic carbocycles. The van der Waals surface area contributed by atoms with E-state index in [-0.39, 0.29) is 0 Å². The first-order valence-corrected chi connectivity index (χ1v) is 9.12. The minimum absolute atomic E-state index is 0.328. The molecular weight excluding hydrogens is 288 g/mol. The third-order valence-corrected chi connectivity index (χ3v) is 5.20. The van der Waals surface area contributed by atoms with Crippen molar-refractivity contribution in [1.29, 1.82) is 0 Å². The van der Waals surface area contributed by atoms with E-state index < -0.39 is 0 Å². The number of aromatic nitrogens is 2. The maximum Gasteiger partial charge on any atom is 0.225 e. The number of carbonyl (C=O) groups is 1.